The number of hydrogen-bond acceptors (Lipinski definition) is 7. The summed E-state index contributed by atoms with van der Waals surface area (Å²) in [4.78, 5) is 35.0. The van der Waals surface area contributed by atoms with Crippen molar-refractivity contribution in [2.24, 2.45) is 5.10 Å². The molecule has 0 saturated heterocycles. The van der Waals surface area contributed by atoms with Crippen LogP contribution in [-0.4, -0.2) is 37.1 Å². The molecule has 0 atom stereocenters. The zero-order valence-electron chi connectivity index (χ0n) is 14.4. The highest BCUT2D eigenvalue weighted by Crippen LogP contribution is 2.28. The van der Waals surface area contributed by atoms with Crippen molar-refractivity contribution in [1.29, 1.82) is 0 Å². The van der Waals surface area contributed by atoms with E-state index in [-0.39, 0.29) is 23.3 Å². The van der Waals surface area contributed by atoms with Gasteiger partial charge in [0.1, 0.15) is 0 Å². The minimum Gasteiger partial charge on any atom is -0.493 e. The maximum Gasteiger partial charge on any atom is 0.379 e. The molecule has 3 rings (SSSR count). The molecule has 2 amide bonds. The Morgan fingerprint density at radius 2 is 2.00 bits per heavy atom. The molecule has 2 N–H and O–H groups in total. The van der Waals surface area contributed by atoms with E-state index in [0.717, 1.165) is 12.8 Å². The van der Waals surface area contributed by atoms with Crippen LogP contribution >= 0.6 is 0 Å². The quantitative estimate of drug-likeness (QED) is 0.259. The molecule has 2 aromatic rings. The highest BCUT2D eigenvalue weighted by atomic mass is 16.6. The molecule has 9 heteroatoms. The van der Waals surface area contributed by atoms with Gasteiger partial charge in [0.2, 0.25) is 5.76 Å². The third-order valence-electron chi connectivity index (χ3n) is 3.61. The van der Waals surface area contributed by atoms with Crippen LogP contribution in [0.5, 0.6) is 11.5 Å². The van der Waals surface area contributed by atoms with Gasteiger partial charge in [-0.25, -0.2) is 10.2 Å². The van der Waals surface area contributed by atoms with Gasteiger partial charge >= 0.3 is 17.8 Å². The van der Waals surface area contributed by atoms with Gasteiger partial charge in [-0.2, -0.15) is 5.10 Å². The molecule has 1 aliphatic rings. The van der Waals surface area contributed by atoms with Gasteiger partial charge in [-0.05, 0) is 48.7 Å². The molecule has 1 aliphatic carbocycles. The number of nitrogens with zero attached hydrogens (tertiary/aromatic N) is 1. The number of hydrazone groups is 1. The van der Waals surface area contributed by atoms with Crippen LogP contribution in [0.1, 0.15) is 29.0 Å². The molecule has 0 radical (unpaired) electrons. The lowest BCUT2D eigenvalue weighted by atomic mass is 10.2. The van der Waals surface area contributed by atoms with Crippen molar-refractivity contribution in [3.8, 4) is 11.5 Å². The van der Waals surface area contributed by atoms with Gasteiger partial charge in [-0.15, -0.1) is 0 Å². The van der Waals surface area contributed by atoms with Crippen molar-refractivity contribution in [3.63, 3.8) is 0 Å². The fraction of sp³-hybridized carbons (Fsp3) is 0.222. The van der Waals surface area contributed by atoms with Crippen LogP contribution in [0.3, 0.4) is 0 Å². The van der Waals surface area contributed by atoms with E-state index in [1.54, 1.807) is 18.2 Å². The van der Waals surface area contributed by atoms with Crippen molar-refractivity contribution in [2.75, 3.05) is 7.11 Å². The van der Waals surface area contributed by atoms with Crippen molar-refractivity contribution in [3.05, 3.63) is 47.9 Å². The Balaban J connectivity index is 1.60. The Bertz CT molecular complexity index is 871. The summed E-state index contributed by atoms with van der Waals surface area (Å²) in [6.45, 7) is 0. The first kappa shape index (κ1) is 18.2. The molecular weight excluding hydrogens is 354 g/mol. The number of esters is 1. The number of amides is 2. The van der Waals surface area contributed by atoms with E-state index < -0.39 is 17.8 Å². The number of nitrogens with one attached hydrogen (secondary N) is 2. The van der Waals surface area contributed by atoms with Gasteiger partial charge < -0.3 is 19.2 Å². The fourth-order valence-electron chi connectivity index (χ4n) is 2.09. The number of hydrogen-bond donors (Lipinski definition) is 2. The van der Waals surface area contributed by atoms with Crippen molar-refractivity contribution >= 4 is 24.0 Å². The molecule has 1 aromatic heterocycles. The highest BCUT2D eigenvalue weighted by Gasteiger charge is 2.26. The van der Waals surface area contributed by atoms with Crippen LogP contribution in [0, 0.1) is 0 Å². The molecular formula is C18H17N3O6. The van der Waals surface area contributed by atoms with Gasteiger partial charge in [0, 0.05) is 6.04 Å². The van der Waals surface area contributed by atoms with Gasteiger partial charge in [0.15, 0.2) is 11.5 Å². The smallest absolute Gasteiger partial charge is 0.379 e. The third kappa shape index (κ3) is 4.94. The molecule has 0 spiro atoms. The molecule has 1 aromatic carbocycles. The first-order valence-electron chi connectivity index (χ1n) is 8.14. The lowest BCUT2D eigenvalue weighted by Gasteiger charge is -2.09. The SMILES string of the molecule is COc1cc(/C=N\NC(=O)C(=O)NC2CC2)ccc1OC(=O)c1ccco1. The Kier molecular flexibility index (Phi) is 5.50. The van der Waals surface area contributed by atoms with E-state index in [9.17, 15) is 14.4 Å². The number of benzene rings is 1. The van der Waals surface area contributed by atoms with E-state index >= 15 is 0 Å². The van der Waals surface area contributed by atoms with Gasteiger partial charge in [-0.1, -0.05) is 0 Å². The van der Waals surface area contributed by atoms with E-state index in [1.807, 2.05) is 0 Å². The summed E-state index contributed by atoms with van der Waals surface area (Å²) in [6, 6.07) is 7.83. The topological polar surface area (TPSA) is 119 Å². The Labute approximate surface area is 154 Å². The molecule has 9 nitrogen and oxygen atoms in total. The predicted molar refractivity (Wildman–Crippen MR) is 93.6 cm³/mol. The average Bonchev–Trinajstić information content (AvgIpc) is 3.30. The van der Waals surface area contributed by atoms with Crippen LogP contribution in [0.4, 0.5) is 0 Å². The maximum absolute atomic E-state index is 11.9. The second-order valence-electron chi connectivity index (χ2n) is 5.72. The predicted octanol–water partition coefficient (Wildman–Crippen LogP) is 1.24. The summed E-state index contributed by atoms with van der Waals surface area (Å²) in [5.74, 6) is -1.66. The third-order valence-corrected chi connectivity index (χ3v) is 3.61. The highest BCUT2D eigenvalue weighted by molar-refractivity contribution is 6.35. The summed E-state index contributed by atoms with van der Waals surface area (Å²) in [5, 5.41) is 6.29. The van der Waals surface area contributed by atoms with Crippen LogP contribution in [-0.2, 0) is 9.59 Å². The van der Waals surface area contributed by atoms with Crippen LogP contribution in [0.25, 0.3) is 0 Å². The molecule has 0 unspecified atom stereocenters. The summed E-state index contributed by atoms with van der Waals surface area (Å²) in [6.07, 6.45) is 4.48. The monoisotopic (exact) mass is 371 g/mol. The van der Waals surface area contributed by atoms with Gasteiger partial charge in [0.25, 0.3) is 0 Å². The molecule has 27 heavy (non-hydrogen) atoms. The second-order valence-corrected chi connectivity index (χ2v) is 5.72. The number of methoxy groups -OCH3 is 1. The molecule has 1 fully saturated rings. The fourth-order valence-corrected chi connectivity index (χ4v) is 2.09. The van der Waals surface area contributed by atoms with E-state index in [1.165, 1.54) is 31.7 Å². The number of carbonyl (C=O) groups is 3. The van der Waals surface area contributed by atoms with Crippen molar-refractivity contribution < 1.29 is 28.3 Å². The standard InChI is InChI=1S/C18H17N3O6/c1-25-15-9-11(10-19-21-17(23)16(22)20-12-5-6-12)4-7-13(15)27-18(24)14-3-2-8-26-14/h2-4,7-10,12H,5-6H2,1H3,(H,20,22)(H,21,23)/b19-10-. The first-order valence-corrected chi connectivity index (χ1v) is 8.14. The first-order chi connectivity index (χ1) is 13.1. The molecule has 1 saturated carbocycles. The number of ether oxygens (including phenoxy) is 2. The molecule has 0 aliphatic heterocycles. The largest absolute Gasteiger partial charge is 0.493 e. The van der Waals surface area contributed by atoms with E-state index in [4.69, 9.17) is 13.9 Å². The zero-order chi connectivity index (χ0) is 19.2. The normalized spacial score (nSPS) is 13.2. The summed E-state index contributed by atoms with van der Waals surface area (Å²) < 4.78 is 15.4. The maximum atomic E-state index is 11.9. The average molecular weight is 371 g/mol. The number of rotatable bonds is 6. The lowest BCUT2D eigenvalue weighted by molar-refractivity contribution is -0.139. The van der Waals surface area contributed by atoms with Crippen molar-refractivity contribution in [1.82, 2.24) is 10.7 Å². The molecule has 0 bridgehead atoms. The van der Waals surface area contributed by atoms with E-state index in [0.29, 0.717) is 5.56 Å². The zero-order valence-corrected chi connectivity index (χ0v) is 14.4. The van der Waals surface area contributed by atoms with Crippen LogP contribution in [0.15, 0.2) is 46.1 Å². The molecule has 140 valence electrons. The summed E-state index contributed by atoms with van der Waals surface area (Å²) in [5.41, 5.74) is 2.71. The molecule has 1 heterocycles. The van der Waals surface area contributed by atoms with Gasteiger partial charge in [0.05, 0.1) is 19.6 Å². The number of carbonyl (C=O) groups excluding carboxylic acids is 3. The minimum absolute atomic E-state index is 0.0647. The Hall–Kier alpha value is -3.62. The van der Waals surface area contributed by atoms with Crippen LogP contribution < -0.4 is 20.2 Å². The lowest BCUT2D eigenvalue weighted by Crippen LogP contribution is -2.38. The summed E-state index contributed by atoms with van der Waals surface area (Å²) >= 11 is 0. The van der Waals surface area contributed by atoms with E-state index in [2.05, 4.69) is 15.8 Å². The Morgan fingerprint density at radius 1 is 1.19 bits per heavy atom. The van der Waals surface area contributed by atoms with Crippen molar-refractivity contribution in [2.45, 2.75) is 18.9 Å². The number of furan rings is 1. The van der Waals surface area contributed by atoms with Gasteiger partial charge in [-0.3, -0.25) is 9.59 Å². The summed E-state index contributed by atoms with van der Waals surface area (Å²) in [7, 11) is 1.42. The minimum atomic E-state index is -0.839. The second kappa shape index (κ2) is 8.17. The Morgan fingerprint density at radius 3 is 2.67 bits per heavy atom. The van der Waals surface area contributed by atoms with Crippen LogP contribution in [0.2, 0.25) is 0 Å².